The van der Waals surface area contributed by atoms with Gasteiger partial charge in [0.15, 0.2) is 0 Å². The van der Waals surface area contributed by atoms with Gasteiger partial charge >= 0.3 is 0 Å². The molecule has 0 spiro atoms. The minimum atomic E-state index is -0.701. The zero-order chi connectivity index (χ0) is 23.0. The van der Waals surface area contributed by atoms with E-state index in [1.165, 1.54) is 31.3 Å². The summed E-state index contributed by atoms with van der Waals surface area (Å²) in [7, 11) is 0. The van der Waals surface area contributed by atoms with Gasteiger partial charge in [-0.05, 0) is 69.7 Å². The van der Waals surface area contributed by atoms with Crippen LogP contribution in [0.1, 0.15) is 79.1 Å². The van der Waals surface area contributed by atoms with Crippen molar-refractivity contribution in [3.63, 3.8) is 0 Å². The van der Waals surface area contributed by atoms with Crippen molar-refractivity contribution >= 4 is 5.78 Å². The molecule has 0 aromatic carbocycles. The minimum Gasteiger partial charge on any atom is -0.391 e. The molecule has 0 heterocycles. The van der Waals surface area contributed by atoms with Gasteiger partial charge < -0.3 is 16.2 Å². The Morgan fingerprint density at radius 2 is 2.06 bits per heavy atom. The first kappa shape index (κ1) is 26.0. The maximum Gasteiger partial charge on any atom is 0.146 e. The Morgan fingerprint density at radius 3 is 2.68 bits per heavy atom. The number of aliphatic hydroxyl groups excluding tert-OH is 1. The second-order valence-corrected chi connectivity index (χ2v) is 9.91. The molecule has 176 valence electrons. The number of Topliss-reactive ketones (excluding diaryl/α,β-unsaturated/α-hetero) is 1. The van der Waals surface area contributed by atoms with Gasteiger partial charge in [-0.25, -0.2) is 0 Å². The highest BCUT2D eigenvalue weighted by Gasteiger charge is 2.45. The molecule has 0 saturated heterocycles. The summed E-state index contributed by atoms with van der Waals surface area (Å²) in [5.74, 6) is 0.285. The predicted molar refractivity (Wildman–Crippen MR) is 131 cm³/mol. The SMILES string of the molecule is C=CC1=C(/C=C(\C)C(C)NCCCCC)C(CCN)C(O)C1C(=O)[C@H]1CCCC(C)C1. The molecule has 0 amide bonds. The molecular weight excluding hydrogens is 384 g/mol. The quantitative estimate of drug-likeness (QED) is 0.384. The van der Waals surface area contributed by atoms with Gasteiger partial charge in [-0.2, -0.15) is 0 Å². The average molecular weight is 431 g/mol. The van der Waals surface area contributed by atoms with E-state index in [2.05, 4.69) is 45.7 Å². The smallest absolute Gasteiger partial charge is 0.146 e. The number of rotatable bonds is 12. The summed E-state index contributed by atoms with van der Waals surface area (Å²) >= 11 is 0. The Balaban J connectivity index is 2.28. The maximum atomic E-state index is 13.5. The highest BCUT2D eigenvalue weighted by molar-refractivity contribution is 5.88. The molecule has 0 aliphatic heterocycles. The second kappa shape index (κ2) is 12.7. The zero-order valence-corrected chi connectivity index (χ0v) is 20.3. The van der Waals surface area contributed by atoms with Crippen LogP contribution in [0.2, 0.25) is 0 Å². The zero-order valence-electron chi connectivity index (χ0n) is 20.3. The molecule has 1 fully saturated rings. The number of nitrogens with one attached hydrogen (secondary N) is 1. The number of allylic oxidation sites excluding steroid dienone is 2. The van der Waals surface area contributed by atoms with E-state index in [0.717, 1.165) is 37.0 Å². The van der Waals surface area contributed by atoms with Crippen LogP contribution < -0.4 is 11.1 Å². The Kier molecular flexibility index (Phi) is 10.7. The minimum absolute atomic E-state index is 0.0560. The van der Waals surface area contributed by atoms with Gasteiger partial charge in [-0.1, -0.05) is 63.8 Å². The fourth-order valence-corrected chi connectivity index (χ4v) is 5.43. The summed E-state index contributed by atoms with van der Waals surface area (Å²) < 4.78 is 0. The molecule has 6 atom stereocenters. The third kappa shape index (κ3) is 6.63. The van der Waals surface area contributed by atoms with Crippen LogP contribution in [-0.2, 0) is 4.79 Å². The molecule has 0 bridgehead atoms. The van der Waals surface area contributed by atoms with Gasteiger partial charge in [-0.15, -0.1) is 0 Å². The van der Waals surface area contributed by atoms with Gasteiger partial charge in [0.2, 0.25) is 0 Å². The predicted octanol–water partition coefficient (Wildman–Crippen LogP) is 4.93. The van der Waals surface area contributed by atoms with Crippen molar-refractivity contribution in [1.82, 2.24) is 5.32 Å². The van der Waals surface area contributed by atoms with Gasteiger partial charge in [0.1, 0.15) is 5.78 Å². The standard InChI is InChI=1S/C27H46N2O2/c1-6-8-9-15-29-20(5)19(4)17-24-22(7-2)25(27(31)23(24)13-14-28)26(30)21-12-10-11-18(3)16-21/h7,17-18,20-21,23,25,27,29,31H,2,6,8-16,28H2,1,3-5H3/b19-17+/t18?,20?,21-,23?,25?,27?/m0/s1. The monoisotopic (exact) mass is 430 g/mol. The van der Waals surface area contributed by atoms with E-state index < -0.39 is 12.0 Å². The summed E-state index contributed by atoms with van der Waals surface area (Å²) in [6.45, 7) is 14.3. The molecule has 2 aliphatic rings. The summed E-state index contributed by atoms with van der Waals surface area (Å²) in [5, 5.41) is 14.9. The molecule has 0 aromatic rings. The second-order valence-electron chi connectivity index (χ2n) is 9.91. The molecule has 0 aromatic heterocycles. The number of carbonyl (C=O) groups excluding carboxylic acids is 1. The Labute approximate surface area is 190 Å². The average Bonchev–Trinajstić information content (AvgIpc) is 3.01. The normalized spacial score (nSPS) is 30.5. The molecule has 0 radical (unpaired) electrons. The van der Waals surface area contributed by atoms with Gasteiger partial charge in [-0.3, -0.25) is 4.79 Å². The lowest BCUT2D eigenvalue weighted by atomic mass is 9.75. The van der Waals surface area contributed by atoms with Crippen molar-refractivity contribution in [1.29, 1.82) is 0 Å². The van der Waals surface area contributed by atoms with E-state index in [4.69, 9.17) is 5.73 Å². The number of unbranched alkanes of at least 4 members (excludes halogenated alkanes) is 2. The van der Waals surface area contributed by atoms with Crippen LogP contribution >= 0.6 is 0 Å². The summed E-state index contributed by atoms with van der Waals surface area (Å²) in [6, 6.07) is 0.250. The van der Waals surface area contributed by atoms with Crippen LogP contribution in [0.3, 0.4) is 0 Å². The summed E-state index contributed by atoms with van der Waals surface area (Å²) in [4.78, 5) is 13.5. The number of nitrogens with two attached hydrogens (primary N) is 1. The number of hydrogen-bond donors (Lipinski definition) is 3. The van der Waals surface area contributed by atoms with E-state index in [0.29, 0.717) is 18.9 Å². The molecule has 4 N–H and O–H groups in total. The van der Waals surface area contributed by atoms with Crippen LogP contribution in [0.25, 0.3) is 0 Å². The van der Waals surface area contributed by atoms with Crippen molar-refractivity contribution in [3.05, 3.63) is 35.5 Å². The maximum absolute atomic E-state index is 13.5. The molecule has 2 aliphatic carbocycles. The Morgan fingerprint density at radius 1 is 1.32 bits per heavy atom. The van der Waals surface area contributed by atoms with E-state index in [1.54, 1.807) is 0 Å². The Hall–Kier alpha value is -1.23. The third-order valence-electron chi connectivity index (χ3n) is 7.46. The van der Waals surface area contributed by atoms with Gasteiger partial charge in [0.05, 0.1) is 12.0 Å². The van der Waals surface area contributed by atoms with E-state index in [-0.39, 0.29) is 23.7 Å². The van der Waals surface area contributed by atoms with Crippen LogP contribution in [0.4, 0.5) is 0 Å². The molecule has 4 heteroatoms. The number of aliphatic hydroxyl groups is 1. The number of hydrogen-bond acceptors (Lipinski definition) is 4. The van der Waals surface area contributed by atoms with Crippen LogP contribution in [0, 0.1) is 23.7 Å². The lowest BCUT2D eigenvalue weighted by molar-refractivity contribution is -0.130. The molecule has 5 unspecified atom stereocenters. The first-order valence-electron chi connectivity index (χ1n) is 12.6. The van der Waals surface area contributed by atoms with Crippen molar-refractivity contribution < 1.29 is 9.90 Å². The Bertz CT molecular complexity index is 666. The topological polar surface area (TPSA) is 75.3 Å². The van der Waals surface area contributed by atoms with Gasteiger partial charge in [0, 0.05) is 17.9 Å². The first-order chi connectivity index (χ1) is 14.8. The van der Waals surface area contributed by atoms with E-state index in [9.17, 15) is 9.90 Å². The van der Waals surface area contributed by atoms with Crippen LogP contribution in [-0.4, -0.2) is 36.1 Å². The van der Waals surface area contributed by atoms with Crippen molar-refractivity contribution in [2.24, 2.45) is 29.4 Å². The molecule has 1 saturated carbocycles. The summed E-state index contributed by atoms with van der Waals surface area (Å²) in [6.07, 6.45) is 11.8. The van der Waals surface area contributed by atoms with E-state index in [1.807, 2.05) is 6.08 Å². The molecule has 31 heavy (non-hydrogen) atoms. The van der Waals surface area contributed by atoms with Crippen molar-refractivity contribution in [2.75, 3.05) is 13.1 Å². The first-order valence-corrected chi connectivity index (χ1v) is 12.6. The van der Waals surface area contributed by atoms with Crippen molar-refractivity contribution in [2.45, 2.75) is 91.2 Å². The number of ketones is 1. The summed E-state index contributed by atoms with van der Waals surface area (Å²) in [5.41, 5.74) is 9.12. The van der Waals surface area contributed by atoms with Gasteiger partial charge in [0.25, 0.3) is 0 Å². The van der Waals surface area contributed by atoms with E-state index >= 15 is 0 Å². The largest absolute Gasteiger partial charge is 0.391 e. The van der Waals surface area contributed by atoms with Crippen LogP contribution in [0.5, 0.6) is 0 Å². The molecular formula is C27H46N2O2. The lowest BCUT2D eigenvalue weighted by Gasteiger charge is -2.30. The third-order valence-corrected chi connectivity index (χ3v) is 7.46. The lowest BCUT2D eigenvalue weighted by Crippen LogP contribution is -2.36. The number of carbonyl (C=O) groups is 1. The fourth-order valence-electron chi connectivity index (χ4n) is 5.43. The molecule has 4 nitrogen and oxygen atoms in total. The molecule has 2 rings (SSSR count). The van der Waals surface area contributed by atoms with Crippen molar-refractivity contribution in [3.8, 4) is 0 Å². The fraction of sp³-hybridized carbons (Fsp3) is 0.741. The highest BCUT2D eigenvalue weighted by Crippen LogP contribution is 2.44. The highest BCUT2D eigenvalue weighted by atomic mass is 16.3. The van der Waals surface area contributed by atoms with Crippen LogP contribution in [0.15, 0.2) is 35.5 Å².